The summed E-state index contributed by atoms with van der Waals surface area (Å²) in [6, 6.07) is 12.2. The van der Waals surface area contributed by atoms with Gasteiger partial charge in [0, 0.05) is 11.3 Å². The second-order valence-electron chi connectivity index (χ2n) is 4.73. The Morgan fingerprint density at radius 2 is 1.91 bits per heavy atom. The fourth-order valence-corrected chi connectivity index (χ4v) is 1.72. The van der Waals surface area contributed by atoms with Crippen LogP contribution in [0.2, 0.25) is 0 Å². The lowest BCUT2D eigenvalue weighted by Gasteiger charge is -2.05. The number of rotatable bonds is 5. The maximum atomic E-state index is 11.6. The van der Waals surface area contributed by atoms with Gasteiger partial charge >= 0.3 is 0 Å². The molecule has 6 nitrogen and oxygen atoms in total. The number of nitrogens with one attached hydrogen (secondary N) is 2. The molecule has 0 atom stereocenters. The molecule has 2 rings (SSSR count). The van der Waals surface area contributed by atoms with E-state index < -0.39 is 0 Å². The highest BCUT2D eigenvalue weighted by Crippen LogP contribution is 2.26. The highest BCUT2D eigenvalue weighted by Gasteiger charge is 2.03. The molecule has 0 spiro atoms. The van der Waals surface area contributed by atoms with Crippen LogP contribution in [-0.4, -0.2) is 28.9 Å². The molecule has 0 aliphatic heterocycles. The Morgan fingerprint density at radius 1 is 1.18 bits per heavy atom. The number of nitrogens with zero attached hydrogens (tertiary/aromatic N) is 1. The molecule has 6 heteroatoms. The van der Waals surface area contributed by atoms with Gasteiger partial charge in [0.25, 0.3) is 5.91 Å². The minimum atomic E-state index is -0.323. The summed E-state index contributed by atoms with van der Waals surface area (Å²) in [7, 11) is 0. The number of amides is 1. The number of anilines is 1. The van der Waals surface area contributed by atoms with E-state index in [0.717, 1.165) is 11.3 Å². The molecule has 2 aromatic rings. The molecule has 114 valence electrons. The second-order valence-corrected chi connectivity index (χ2v) is 4.73. The van der Waals surface area contributed by atoms with E-state index in [-0.39, 0.29) is 24.0 Å². The van der Waals surface area contributed by atoms with Crippen molar-refractivity contribution >= 4 is 17.8 Å². The lowest BCUT2D eigenvalue weighted by molar-refractivity contribution is -0.119. The highest BCUT2D eigenvalue weighted by atomic mass is 16.3. The van der Waals surface area contributed by atoms with Crippen molar-refractivity contribution in [3.8, 4) is 11.5 Å². The number of phenols is 2. The quantitative estimate of drug-likeness (QED) is 0.386. The number of carbonyl (C=O) groups is 1. The normalized spacial score (nSPS) is 10.6. The third-order valence-electron chi connectivity index (χ3n) is 2.94. The Balaban J connectivity index is 1.83. The van der Waals surface area contributed by atoms with Gasteiger partial charge in [-0.1, -0.05) is 23.8 Å². The largest absolute Gasteiger partial charge is 0.504 e. The summed E-state index contributed by atoms with van der Waals surface area (Å²) in [5, 5.41) is 25.6. The summed E-state index contributed by atoms with van der Waals surface area (Å²) >= 11 is 0. The first-order valence-corrected chi connectivity index (χ1v) is 6.69. The van der Waals surface area contributed by atoms with Gasteiger partial charge in [-0.25, -0.2) is 5.43 Å². The summed E-state index contributed by atoms with van der Waals surface area (Å²) in [6.07, 6.45) is 1.26. The molecular formula is C16H17N3O3. The average Bonchev–Trinajstić information content (AvgIpc) is 2.51. The number of hydrogen-bond acceptors (Lipinski definition) is 5. The molecule has 2 aromatic carbocycles. The molecule has 0 aliphatic rings. The van der Waals surface area contributed by atoms with Crippen LogP contribution in [0, 0.1) is 6.92 Å². The van der Waals surface area contributed by atoms with Gasteiger partial charge in [0.2, 0.25) is 0 Å². The first-order valence-electron chi connectivity index (χ1n) is 6.69. The number of carbonyl (C=O) groups excluding carboxylic acids is 1. The van der Waals surface area contributed by atoms with Crippen molar-refractivity contribution in [3.63, 3.8) is 0 Å². The molecule has 1 amide bonds. The second kappa shape index (κ2) is 7.12. The Hall–Kier alpha value is -3.02. The van der Waals surface area contributed by atoms with Gasteiger partial charge < -0.3 is 15.5 Å². The smallest absolute Gasteiger partial charge is 0.259 e. The molecule has 0 unspecified atom stereocenters. The SMILES string of the molecule is Cc1ccc(NCC(=O)N/N=C/c2cccc(O)c2O)cc1. The van der Waals surface area contributed by atoms with Gasteiger partial charge in [-0.2, -0.15) is 5.10 Å². The van der Waals surface area contributed by atoms with Crippen molar-refractivity contribution in [2.45, 2.75) is 6.92 Å². The van der Waals surface area contributed by atoms with E-state index in [9.17, 15) is 15.0 Å². The predicted octanol–water partition coefficient (Wildman–Crippen LogP) is 1.97. The van der Waals surface area contributed by atoms with Crippen molar-refractivity contribution in [1.29, 1.82) is 0 Å². The molecule has 22 heavy (non-hydrogen) atoms. The van der Waals surface area contributed by atoms with Crippen molar-refractivity contribution in [1.82, 2.24) is 5.43 Å². The third-order valence-corrected chi connectivity index (χ3v) is 2.94. The van der Waals surface area contributed by atoms with E-state index in [1.165, 1.54) is 12.3 Å². The zero-order chi connectivity index (χ0) is 15.9. The van der Waals surface area contributed by atoms with Gasteiger partial charge in [0.1, 0.15) is 0 Å². The molecule has 0 aromatic heterocycles. The summed E-state index contributed by atoms with van der Waals surface area (Å²) in [4.78, 5) is 11.6. The van der Waals surface area contributed by atoms with Crippen LogP contribution in [-0.2, 0) is 4.79 Å². The Labute approximate surface area is 128 Å². The first-order chi connectivity index (χ1) is 10.6. The van der Waals surface area contributed by atoms with Crippen LogP contribution in [0.1, 0.15) is 11.1 Å². The number of para-hydroxylation sites is 1. The zero-order valence-electron chi connectivity index (χ0n) is 12.1. The lowest BCUT2D eigenvalue weighted by atomic mass is 10.2. The first kappa shape index (κ1) is 15.4. The molecule has 0 radical (unpaired) electrons. The number of hydrogen-bond donors (Lipinski definition) is 4. The van der Waals surface area contributed by atoms with Crippen LogP contribution in [0.5, 0.6) is 11.5 Å². The van der Waals surface area contributed by atoms with Gasteiger partial charge in [-0.15, -0.1) is 0 Å². The standard InChI is InChI=1S/C16H17N3O3/c1-11-5-7-13(8-6-11)17-10-15(21)19-18-9-12-3-2-4-14(20)16(12)22/h2-9,17,20,22H,10H2,1H3,(H,19,21)/b18-9+. The summed E-state index contributed by atoms with van der Waals surface area (Å²) < 4.78 is 0. The number of aromatic hydroxyl groups is 2. The minimum Gasteiger partial charge on any atom is -0.504 e. The number of hydrazone groups is 1. The van der Waals surface area contributed by atoms with Crippen LogP contribution in [0.3, 0.4) is 0 Å². The van der Waals surface area contributed by atoms with Gasteiger partial charge in [-0.05, 0) is 31.2 Å². The zero-order valence-corrected chi connectivity index (χ0v) is 12.1. The number of aryl methyl sites for hydroxylation is 1. The van der Waals surface area contributed by atoms with Crippen molar-refractivity contribution in [3.05, 3.63) is 53.6 Å². The van der Waals surface area contributed by atoms with Crippen molar-refractivity contribution in [2.75, 3.05) is 11.9 Å². The van der Waals surface area contributed by atoms with Gasteiger partial charge in [0.15, 0.2) is 11.5 Å². The molecule has 0 heterocycles. The molecule has 0 fully saturated rings. The van der Waals surface area contributed by atoms with E-state index in [1.54, 1.807) is 12.1 Å². The molecular weight excluding hydrogens is 282 g/mol. The van der Waals surface area contributed by atoms with Gasteiger partial charge in [-0.3, -0.25) is 4.79 Å². The maximum absolute atomic E-state index is 11.6. The van der Waals surface area contributed by atoms with Crippen LogP contribution >= 0.6 is 0 Å². The Bertz CT molecular complexity index is 682. The molecule has 0 aliphatic carbocycles. The minimum absolute atomic E-state index is 0.0758. The molecule has 0 saturated heterocycles. The fourth-order valence-electron chi connectivity index (χ4n) is 1.72. The average molecular weight is 299 g/mol. The van der Waals surface area contributed by atoms with Crippen LogP contribution in [0.25, 0.3) is 0 Å². The lowest BCUT2D eigenvalue weighted by Crippen LogP contribution is -2.25. The number of phenolic OH excluding ortho intramolecular Hbond substituents is 2. The van der Waals surface area contributed by atoms with Crippen molar-refractivity contribution < 1.29 is 15.0 Å². The van der Waals surface area contributed by atoms with Crippen LogP contribution in [0.15, 0.2) is 47.6 Å². The topological polar surface area (TPSA) is 94.0 Å². The third kappa shape index (κ3) is 4.24. The van der Waals surface area contributed by atoms with Crippen LogP contribution < -0.4 is 10.7 Å². The molecule has 0 bridgehead atoms. The van der Waals surface area contributed by atoms with E-state index in [1.807, 2.05) is 31.2 Å². The summed E-state index contributed by atoms with van der Waals surface area (Å²) in [6.45, 7) is 2.06. The predicted molar refractivity (Wildman–Crippen MR) is 85.2 cm³/mol. The van der Waals surface area contributed by atoms with E-state index in [2.05, 4.69) is 15.8 Å². The number of benzene rings is 2. The molecule has 0 saturated carbocycles. The molecule has 4 N–H and O–H groups in total. The van der Waals surface area contributed by atoms with Crippen molar-refractivity contribution in [2.24, 2.45) is 5.10 Å². The van der Waals surface area contributed by atoms with E-state index in [0.29, 0.717) is 5.56 Å². The highest BCUT2D eigenvalue weighted by molar-refractivity contribution is 5.87. The van der Waals surface area contributed by atoms with Gasteiger partial charge in [0.05, 0.1) is 12.8 Å². The summed E-state index contributed by atoms with van der Waals surface area (Å²) in [5.41, 5.74) is 4.63. The Morgan fingerprint density at radius 3 is 2.64 bits per heavy atom. The fraction of sp³-hybridized carbons (Fsp3) is 0.125. The van der Waals surface area contributed by atoms with E-state index in [4.69, 9.17) is 0 Å². The monoisotopic (exact) mass is 299 g/mol. The van der Waals surface area contributed by atoms with Crippen LogP contribution in [0.4, 0.5) is 5.69 Å². The Kier molecular flexibility index (Phi) is 4.98. The van der Waals surface area contributed by atoms with E-state index >= 15 is 0 Å². The maximum Gasteiger partial charge on any atom is 0.259 e. The summed E-state index contributed by atoms with van der Waals surface area (Å²) in [5.74, 6) is -0.842.